The van der Waals surface area contributed by atoms with Crippen molar-refractivity contribution in [2.24, 2.45) is 0 Å². The number of hydrogen-bond donors (Lipinski definition) is 1. The zero-order chi connectivity index (χ0) is 12.7. The Kier molecular flexibility index (Phi) is 6.10. The molecule has 0 bridgehead atoms. The molecule has 0 aliphatic heterocycles. The third-order valence-corrected chi connectivity index (χ3v) is 2.91. The van der Waals surface area contributed by atoms with Gasteiger partial charge in [0.05, 0.1) is 9.40 Å². The minimum absolute atomic E-state index is 0.0983. The van der Waals surface area contributed by atoms with E-state index in [1.807, 2.05) is 6.07 Å². The van der Waals surface area contributed by atoms with Crippen LogP contribution in [-0.2, 0) is 11.3 Å². The molecular weight excluding hydrogens is 288 g/mol. The molecule has 0 saturated heterocycles. The van der Waals surface area contributed by atoms with Crippen molar-refractivity contribution in [2.45, 2.75) is 13.0 Å². The summed E-state index contributed by atoms with van der Waals surface area (Å²) in [5.41, 5.74) is 0.999. The number of rotatable bonds is 7. The lowest BCUT2D eigenvalue weighted by Gasteiger charge is -2.05. The molecule has 1 aromatic carbocycles. The normalized spacial score (nSPS) is 10.5. The highest BCUT2D eigenvalue weighted by atomic mass is 79.9. The van der Waals surface area contributed by atoms with E-state index in [2.05, 4.69) is 21.2 Å². The van der Waals surface area contributed by atoms with E-state index in [1.54, 1.807) is 19.2 Å². The van der Waals surface area contributed by atoms with Gasteiger partial charge in [-0.3, -0.25) is 10.1 Å². The molecule has 0 unspecified atom stereocenters. The number of hydrogen-bond acceptors (Lipinski definition) is 4. The SMILES string of the molecule is COCCCNCc1ccc(Br)c([N+](=O)[O-])c1. The van der Waals surface area contributed by atoms with E-state index < -0.39 is 4.92 Å². The standard InChI is InChI=1S/C11H15BrN2O3/c1-17-6-2-5-13-8-9-3-4-10(12)11(7-9)14(15)16/h3-4,7,13H,2,5-6,8H2,1H3. The van der Waals surface area contributed by atoms with Gasteiger partial charge in [-0.2, -0.15) is 0 Å². The van der Waals surface area contributed by atoms with Gasteiger partial charge in [-0.1, -0.05) is 6.07 Å². The molecule has 0 heterocycles. The number of nitrogens with zero attached hydrogens (tertiary/aromatic N) is 1. The van der Waals surface area contributed by atoms with Crippen molar-refractivity contribution in [2.75, 3.05) is 20.3 Å². The van der Waals surface area contributed by atoms with E-state index in [9.17, 15) is 10.1 Å². The molecule has 6 heteroatoms. The van der Waals surface area contributed by atoms with Gasteiger partial charge in [0.2, 0.25) is 0 Å². The Hall–Kier alpha value is -0.980. The minimum atomic E-state index is -0.390. The molecule has 1 N–H and O–H groups in total. The van der Waals surface area contributed by atoms with Crippen LogP contribution >= 0.6 is 15.9 Å². The topological polar surface area (TPSA) is 64.4 Å². The van der Waals surface area contributed by atoms with Gasteiger partial charge in [0.1, 0.15) is 0 Å². The number of benzene rings is 1. The number of ether oxygens (including phenoxy) is 1. The molecule has 0 amide bonds. The molecular formula is C11H15BrN2O3. The van der Waals surface area contributed by atoms with Gasteiger partial charge in [-0.15, -0.1) is 0 Å². The van der Waals surface area contributed by atoms with Crippen LogP contribution in [0, 0.1) is 10.1 Å². The summed E-state index contributed by atoms with van der Waals surface area (Å²) in [6.07, 6.45) is 0.926. The number of halogens is 1. The van der Waals surface area contributed by atoms with Crippen LogP contribution in [0.4, 0.5) is 5.69 Å². The minimum Gasteiger partial charge on any atom is -0.385 e. The van der Waals surface area contributed by atoms with Gasteiger partial charge < -0.3 is 10.1 Å². The van der Waals surface area contributed by atoms with Crippen molar-refractivity contribution in [3.05, 3.63) is 38.3 Å². The Balaban J connectivity index is 2.49. The summed E-state index contributed by atoms with van der Waals surface area (Å²) in [7, 11) is 1.66. The average molecular weight is 303 g/mol. The molecule has 0 radical (unpaired) electrons. The highest BCUT2D eigenvalue weighted by Crippen LogP contribution is 2.25. The van der Waals surface area contributed by atoms with Crippen LogP contribution in [0.1, 0.15) is 12.0 Å². The average Bonchev–Trinajstić information content (AvgIpc) is 2.30. The molecule has 0 atom stereocenters. The zero-order valence-corrected chi connectivity index (χ0v) is 11.2. The maximum absolute atomic E-state index is 10.7. The Morgan fingerprint density at radius 2 is 2.29 bits per heavy atom. The fourth-order valence-electron chi connectivity index (χ4n) is 1.38. The largest absolute Gasteiger partial charge is 0.385 e. The van der Waals surface area contributed by atoms with Gasteiger partial charge in [0.15, 0.2) is 0 Å². The molecule has 94 valence electrons. The first-order valence-corrected chi connectivity index (χ1v) is 6.07. The first-order chi connectivity index (χ1) is 8.15. The third kappa shape index (κ3) is 4.80. The van der Waals surface area contributed by atoms with E-state index in [1.165, 1.54) is 0 Å². The fraction of sp³-hybridized carbons (Fsp3) is 0.455. The molecule has 17 heavy (non-hydrogen) atoms. The molecule has 0 aliphatic rings. The fourth-order valence-corrected chi connectivity index (χ4v) is 1.77. The second-order valence-corrected chi connectivity index (χ2v) is 4.42. The quantitative estimate of drug-likeness (QED) is 0.477. The third-order valence-electron chi connectivity index (χ3n) is 2.24. The van der Waals surface area contributed by atoms with E-state index >= 15 is 0 Å². The lowest BCUT2D eigenvalue weighted by atomic mass is 10.2. The Labute approximate surface area is 108 Å². The van der Waals surface area contributed by atoms with Crippen LogP contribution < -0.4 is 5.32 Å². The summed E-state index contributed by atoms with van der Waals surface area (Å²) in [6, 6.07) is 5.14. The van der Waals surface area contributed by atoms with Crippen LogP contribution in [0.3, 0.4) is 0 Å². The van der Waals surface area contributed by atoms with E-state index in [-0.39, 0.29) is 5.69 Å². The molecule has 5 nitrogen and oxygen atoms in total. The summed E-state index contributed by atoms with van der Waals surface area (Å²) in [6.45, 7) is 2.17. The van der Waals surface area contributed by atoms with Gasteiger partial charge in [-0.05, 0) is 40.5 Å². The lowest BCUT2D eigenvalue weighted by Crippen LogP contribution is -2.16. The van der Waals surface area contributed by atoms with Crippen LogP contribution in [0.2, 0.25) is 0 Å². The summed E-state index contributed by atoms with van der Waals surface area (Å²) in [5, 5.41) is 13.9. The van der Waals surface area contributed by atoms with Crippen molar-refractivity contribution in [1.29, 1.82) is 0 Å². The van der Waals surface area contributed by atoms with Gasteiger partial charge >= 0.3 is 0 Å². The molecule has 1 rings (SSSR count). The first-order valence-electron chi connectivity index (χ1n) is 5.27. The maximum atomic E-state index is 10.7. The summed E-state index contributed by atoms with van der Waals surface area (Å²) < 4.78 is 5.43. The predicted octanol–water partition coefficient (Wildman–Crippen LogP) is 2.48. The second kappa shape index (κ2) is 7.37. The van der Waals surface area contributed by atoms with Crippen molar-refractivity contribution < 1.29 is 9.66 Å². The van der Waals surface area contributed by atoms with E-state index in [0.717, 1.165) is 18.5 Å². The smallest absolute Gasteiger partial charge is 0.283 e. The van der Waals surface area contributed by atoms with Crippen molar-refractivity contribution >= 4 is 21.6 Å². The van der Waals surface area contributed by atoms with E-state index in [4.69, 9.17) is 4.74 Å². The van der Waals surface area contributed by atoms with Crippen molar-refractivity contribution in [3.63, 3.8) is 0 Å². The lowest BCUT2D eigenvalue weighted by molar-refractivity contribution is -0.385. The first kappa shape index (κ1) is 14.1. The van der Waals surface area contributed by atoms with Gasteiger partial charge in [0, 0.05) is 26.3 Å². The number of nitro benzene ring substituents is 1. The molecule has 0 fully saturated rings. The molecule has 0 saturated carbocycles. The van der Waals surface area contributed by atoms with Crippen LogP contribution in [-0.4, -0.2) is 25.2 Å². The predicted molar refractivity (Wildman–Crippen MR) is 69.0 cm³/mol. The molecule has 0 aromatic heterocycles. The second-order valence-electron chi connectivity index (χ2n) is 3.57. The monoisotopic (exact) mass is 302 g/mol. The van der Waals surface area contributed by atoms with Gasteiger partial charge in [0.25, 0.3) is 5.69 Å². The zero-order valence-electron chi connectivity index (χ0n) is 9.61. The molecule has 0 spiro atoms. The Bertz CT molecular complexity index is 385. The maximum Gasteiger partial charge on any atom is 0.283 e. The Morgan fingerprint density at radius 3 is 2.94 bits per heavy atom. The van der Waals surface area contributed by atoms with Crippen LogP contribution in [0.25, 0.3) is 0 Å². The Morgan fingerprint density at radius 1 is 1.53 bits per heavy atom. The summed E-state index contributed by atoms with van der Waals surface area (Å²) in [4.78, 5) is 10.3. The van der Waals surface area contributed by atoms with Crippen molar-refractivity contribution in [1.82, 2.24) is 5.32 Å². The van der Waals surface area contributed by atoms with Gasteiger partial charge in [-0.25, -0.2) is 0 Å². The van der Waals surface area contributed by atoms with Crippen LogP contribution in [0.15, 0.2) is 22.7 Å². The number of nitrogens with one attached hydrogen (secondary N) is 1. The highest BCUT2D eigenvalue weighted by Gasteiger charge is 2.11. The number of nitro groups is 1. The molecule has 1 aromatic rings. The number of methoxy groups -OCH3 is 1. The molecule has 0 aliphatic carbocycles. The van der Waals surface area contributed by atoms with Crippen LogP contribution in [0.5, 0.6) is 0 Å². The summed E-state index contributed by atoms with van der Waals surface area (Å²) in [5.74, 6) is 0. The summed E-state index contributed by atoms with van der Waals surface area (Å²) >= 11 is 3.15. The van der Waals surface area contributed by atoms with E-state index in [0.29, 0.717) is 17.6 Å². The van der Waals surface area contributed by atoms with Crippen molar-refractivity contribution in [3.8, 4) is 0 Å². The highest BCUT2D eigenvalue weighted by molar-refractivity contribution is 9.10.